The van der Waals surface area contributed by atoms with Gasteiger partial charge in [0.2, 0.25) is 0 Å². The summed E-state index contributed by atoms with van der Waals surface area (Å²) in [5, 5.41) is 12.0. The molecule has 8 nitrogen and oxygen atoms in total. The van der Waals surface area contributed by atoms with Crippen LogP contribution in [-0.2, 0) is 0 Å². The second-order valence-corrected chi connectivity index (χ2v) is 8.36. The van der Waals surface area contributed by atoms with E-state index in [1.165, 1.54) is 10.9 Å². The summed E-state index contributed by atoms with van der Waals surface area (Å²) in [6.45, 7) is 8.47. The molecule has 1 amide bonds. The second-order valence-electron chi connectivity index (χ2n) is 8.36. The number of aromatic amines is 1. The Hall–Kier alpha value is -3.70. The highest BCUT2D eigenvalue weighted by Gasteiger charge is 2.21. The molecule has 1 N–H and O–H groups in total. The molecule has 8 heteroatoms. The van der Waals surface area contributed by atoms with Crippen molar-refractivity contribution >= 4 is 5.91 Å². The van der Waals surface area contributed by atoms with E-state index < -0.39 is 0 Å². The molecule has 0 bridgehead atoms. The number of hydrogen-bond donors (Lipinski definition) is 1. The van der Waals surface area contributed by atoms with Gasteiger partial charge in [0.05, 0.1) is 22.8 Å². The number of nitrogens with zero attached hydrogens (tertiary/aromatic N) is 5. The Bertz CT molecular complexity index is 1240. The summed E-state index contributed by atoms with van der Waals surface area (Å²) >= 11 is 0. The number of amides is 1. The van der Waals surface area contributed by atoms with Crippen LogP contribution >= 0.6 is 0 Å². The van der Waals surface area contributed by atoms with Crippen LogP contribution in [0.1, 0.15) is 41.3 Å². The molecule has 1 saturated heterocycles. The number of hydrogen-bond acceptors (Lipinski definition) is 5. The number of H-pyrrole nitrogens is 1. The number of pyridine rings is 1. The summed E-state index contributed by atoms with van der Waals surface area (Å²) in [7, 11) is 0. The fourth-order valence-electron chi connectivity index (χ4n) is 4.31. The van der Waals surface area contributed by atoms with E-state index in [2.05, 4.69) is 28.0 Å². The first-order valence-electron chi connectivity index (χ1n) is 11.3. The first kappa shape index (κ1) is 22.5. The normalized spacial score (nSPS) is 14.6. The minimum absolute atomic E-state index is 0.0277. The van der Waals surface area contributed by atoms with Crippen LogP contribution in [0.25, 0.3) is 16.9 Å². The monoisotopic (exact) mass is 444 g/mol. The van der Waals surface area contributed by atoms with Crippen molar-refractivity contribution in [2.75, 3.05) is 32.7 Å². The van der Waals surface area contributed by atoms with E-state index in [0.717, 1.165) is 50.1 Å². The van der Waals surface area contributed by atoms with E-state index in [0.29, 0.717) is 29.1 Å². The molecule has 0 aliphatic carbocycles. The predicted molar refractivity (Wildman–Crippen MR) is 126 cm³/mol. The van der Waals surface area contributed by atoms with Gasteiger partial charge < -0.3 is 9.80 Å². The van der Waals surface area contributed by atoms with Gasteiger partial charge in [-0.15, -0.1) is 0 Å². The fraction of sp³-hybridized carbons (Fsp3) is 0.360. The maximum atomic E-state index is 13.0. The topological polar surface area (TPSA) is 98.0 Å². The lowest BCUT2D eigenvalue weighted by Gasteiger charge is -2.21. The van der Waals surface area contributed by atoms with E-state index in [1.54, 1.807) is 36.5 Å². The lowest BCUT2D eigenvalue weighted by Crippen LogP contribution is -2.35. The summed E-state index contributed by atoms with van der Waals surface area (Å²) in [6.07, 6.45) is 5.25. The zero-order valence-electron chi connectivity index (χ0n) is 19.0. The maximum Gasteiger partial charge on any atom is 0.280 e. The van der Waals surface area contributed by atoms with Gasteiger partial charge in [-0.3, -0.25) is 14.7 Å². The molecule has 0 unspecified atom stereocenters. The van der Waals surface area contributed by atoms with Crippen molar-refractivity contribution in [1.29, 1.82) is 5.26 Å². The minimum Gasteiger partial charge on any atom is -0.337 e. The van der Waals surface area contributed by atoms with Crippen LogP contribution in [0.5, 0.6) is 0 Å². The van der Waals surface area contributed by atoms with Crippen LogP contribution in [0.2, 0.25) is 0 Å². The molecule has 1 aliphatic rings. The standard InChI is InChI=1S/C25H28N6O2/c1-3-9-29-10-4-11-30(13-12-29)24(32)20-6-8-23(27-16-20)31-25(33)22(17-28-31)21-7-5-19(15-26)14-18(21)2/h5-8,14,16-17,28H,3-4,9-13H2,1-2H3. The number of benzene rings is 1. The number of rotatable bonds is 5. The molecule has 2 aromatic heterocycles. The van der Waals surface area contributed by atoms with Gasteiger partial charge in [0.25, 0.3) is 11.5 Å². The predicted octanol–water partition coefficient (Wildman–Crippen LogP) is 2.97. The van der Waals surface area contributed by atoms with Crippen molar-refractivity contribution in [3.63, 3.8) is 0 Å². The molecule has 0 radical (unpaired) electrons. The maximum absolute atomic E-state index is 13.0. The minimum atomic E-state index is -0.238. The Morgan fingerprint density at radius 1 is 1.15 bits per heavy atom. The van der Waals surface area contributed by atoms with E-state index in [9.17, 15) is 9.59 Å². The lowest BCUT2D eigenvalue weighted by molar-refractivity contribution is 0.0761. The van der Waals surface area contributed by atoms with Crippen LogP contribution in [0.4, 0.5) is 0 Å². The smallest absolute Gasteiger partial charge is 0.280 e. The van der Waals surface area contributed by atoms with Gasteiger partial charge in [-0.2, -0.15) is 5.26 Å². The number of carbonyl (C=O) groups excluding carboxylic acids is 1. The van der Waals surface area contributed by atoms with Crippen LogP contribution in [-0.4, -0.2) is 63.2 Å². The first-order valence-corrected chi connectivity index (χ1v) is 11.3. The van der Waals surface area contributed by atoms with Gasteiger partial charge >= 0.3 is 0 Å². The molecule has 3 aromatic rings. The quantitative estimate of drug-likeness (QED) is 0.652. The molecule has 170 valence electrons. The zero-order valence-corrected chi connectivity index (χ0v) is 19.0. The molecular formula is C25H28N6O2. The van der Waals surface area contributed by atoms with Gasteiger partial charge in [-0.05, 0) is 68.2 Å². The highest BCUT2D eigenvalue weighted by Crippen LogP contribution is 2.21. The van der Waals surface area contributed by atoms with Crippen molar-refractivity contribution in [1.82, 2.24) is 24.6 Å². The Morgan fingerprint density at radius 2 is 2.00 bits per heavy atom. The summed E-state index contributed by atoms with van der Waals surface area (Å²) < 4.78 is 1.36. The SMILES string of the molecule is CCCN1CCCN(C(=O)c2ccc(-n3[nH]cc(-c4ccc(C#N)cc4C)c3=O)nc2)CC1. The number of nitrogens with one attached hydrogen (secondary N) is 1. The summed E-state index contributed by atoms with van der Waals surface area (Å²) in [6, 6.07) is 10.7. The number of aryl methyl sites for hydroxylation is 1. The third-order valence-corrected chi connectivity index (χ3v) is 6.06. The molecule has 0 spiro atoms. The fourth-order valence-corrected chi connectivity index (χ4v) is 4.31. The highest BCUT2D eigenvalue weighted by molar-refractivity contribution is 5.94. The summed E-state index contributed by atoms with van der Waals surface area (Å²) in [4.78, 5) is 34.7. The molecular weight excluding hydrogens is 416 g/mol. The number of nitriles is 1. The molecule has 0 atom stereocenters. The average Bonchev–Trinajstić information content (AvgIpc) is 3.05. The molecule has 1 fully saturated rings. The van der Waals surface area contributed by atoms with Crippen molar-refractivity contribution < 1.29 is 4.79 Å². The van der Waals surface area contributed by atoms with E-state index in [4.69, 9.17) is 5.26 Å². The first-order chi connectivity index (χ1) is 16.0. The Morgan fingerprint density at radius 3 is 2.70 bits per heavy atom. The highest BCUT2D eigenvalue weighted by atomic mass is 16.2. The Labute approximate surface area is 193 Å². The summed E-state index contributed by atoms with van der Waals surface area (Å²) in [5.41, 5.74) is 2.94. The van der Waals surface area contributed by atoms with Crippen LogP contribution in [0, 0.1) is 18.3 Å². The largest absolute Gasteiger partial charge is 0.337 e. The van der Waals surface area contributed by atoms with Crippen LogP contribution in [0.15, 0.2) is 47.5 Å². The lowest BCUT2D eigenvalue weighted by atomic mass is 10.0. The summed E-state index contributed by atoms with van der Waals surface area (Å²) in [5.74, 6) is 0.388. The third kappa shape index (κ3) is 4.73. The van der Waals surface area contributed by atoms with Gasteiger partial charge in [0.1, 0.15) is 0 Å². The average molecular weight is 445 g/mol. The molecule has 33 heavy (non-hydrogen) atoms. The Balaban J connectivity index is 1.52. The van der Waals surface area contributed by atoms with Crippen molar-refractivity contribution in [2.24, 2.45) is 0 Å². The molecule has 0 saturated carbocycles. The Kier molecular flexibility index (Phi) is 6.71. The molecule has 4 rings (SSSR count). The molecule has 1 aromatic carbocycles. The van der Waals surface area contributed by atoms with E-state index in [-0.39, 0.29) is 11.5 Å². The van der Waals surface area contributed by atoms with E-state index in [1.807, 2.05) is 11.8 Å². The third-order valence-electron chi connectivity index (χ3n) is 6.06. The van der Waals surface area contributed by atoms with Gasteiger partial charge in [-0.25, -0.2) is 9.67 Å². The molecule has 1 aliphatic heterocycles. The number of carbonyl (C=O) groups is 1. The van der Waals surface area contributed by atoms with Crippen molar-refractivity contribution in [3.8, 4) is 23.0 Å². The molecule has 3 heterocycles. The van der Waals surface area contributed by atoms with Crippen LogP contribution < -0.4 is 5.56 Å². The van der Waals surface area contributed by atoms with Gasteiger partial charge in [0.15, 0.2) is 5.82 Å². The van der Waals surface area contributed by atoms with Gasteiger partial charge in [0, 0.05) is 32.0 Å². The van der Waals surface area contributed by atoms with Crippen LogP contribution in [0.3, 0.4) is 0 Å². The number of aromatic nitrogens is 3. The van der Waals surface area contributed by atoms with Crippen molar-refractivity contribution in [3.05, 3.63) is 69.8 Å². The van der Waals surface area contributed by atoms with Gasteiger partial charge in [-0.1, -0.05) is 13.0 Å². The van der Waals surface area contributed by atoms with Crippen molar-refractivity contribution in [2.45, 2.75) is 26.7 Å². The van der Waals surface area contributed by atoms with E-state index >= 15 is 0 Å². The second kappa shape index (κ2) is 9.84. The zero-order chi connectivity index (χ0) is 23.4.